The average molecular weight is 1160 g/mol. The van der Waals surface area contributed by atoms with Gasteiger partial charge in [0.15, 0.2) is 0 Å². The fourth-order valence-electron chi connectivity index (χ4n) is 13.4. The van der Waals surface area contributed by atoms with Gasteiger partial charge in [-0.3, -0.25) is 4.57 Å². The number of fused-ring (bicyclic) bond motifs is 4. The first-order valence-corrected chi connectivity index (χ1v) is 31.8. The summed E-state index contributed by atoms with van der Waals surface area (Å²) in [7, 11) is 0. The first-order chi connectivity index (χ1) is 41.8. The third-order valence-electron chi connectivity index (χ3n) is 19.3. The van der Waals surface area contributed by atoms with Crippen molar-refractivity contribution in [3.8, 4) is 28.4 Å². The van der Waals surface area contributed by atoms with Crippen molar-refractivity contribution in [1.82, 2.24) is 9.55 Å². The van der Waals surface area contributed by atoms with Gasteiger partial charge in [0.25, 0.3) is 0 Å². The Kier molecular flexibility index (Phi) is 15.2. The molecule has 0 saturated heterocycles. The molecule has 5 heteroatoms. The van der Waals surface area contributed by atoms with Gasteiger partial charge in [0.1, 0.15) is 24.0 Å². The minimum absolute atomic E-state index is 0.0722. The standard InChI is InChI=1S/C83H88N4O/c1-54(2)69-33-26-34-70(55(3)4)78(69)56-43-65(51-68(44-56)88-67-37-38-71-72-48-62(81(11,12)57-27-20-17-21-28-57)36-39-73(72)87(75(71)52-67)77-50-61(41-42-84-77)80(8,9)10)85-53-86(76-49-60(79(5,6)7)35-40-74(76)85)66-46-63(82(13,14)58-29-22-18-23-30-58)45-64(47-66)83(15,16)59-31-24-19-25-32-59/h17-52,54-55H,53H2,1-16H3. The molecule has 1 aliphatic heterocycles. The molecule has 0 unspecified atom stereocenters. The first kappa shape index (κ1) is 59.7. The lowest BCUT2D eigenvalue weighted by Crippen LogP contribution is -2.27. The maximum Gasteiger partial charge on any atom is 0.137 e. The molecule has 9 aromatic carbocycles. The van der Waals surface area contributed by atoms with Crippen LogP contribution in [0.25, 0.3) is 38.8 Å². The fourth-order valence-corrected chi connectivity index (χ4v) is 13.4. The average Bonchev–Trinajstić information content (AvgIpc) is 1.57. The lowest BCUT2D eigenvalue weighted by molar-refractivity contribution is 0.483. The monoisotopic (exact) mass is 1160 g/mol. The Morgan fingerprint density at radius 2 is 0.898 bits per heavy atom. The largest absolute Gasteiger partial charge is 0.457 e. The maximum absolute atomic E-state index is 7.43. The summed E-state index contributed by atoms with van der Waals surface area (Å²) in [4.78, 5) is 10.2. The Bertz CT molecular complexity index is 4280. The fraction of sp³-hybridized carbons (Fsp3) is 0.289. The molecule has 0 atom stereocenters. The van der Waals surface area contributed by atoms with Crippen LogP contribution in [-0.2, 0) is 27.1 Å². The van der Waals surface area contributed by atoms with Crippen molar-refractivity contribution >= 4 is 44.6 Å². The van der Waals surface area contributed by atoms with Crippen molar-refractivity contribution in [2.24, 2.45) is 0 Å². The highest BCUT2D eigenvalue weighted by molar-refractivity contribution is 6.10. The summed E-state index contributed by atoms with van der Waals surface area (Å²) in [6.07, 6.45) is 1.96. The molecule has 2 aromatic heterocycles. The molecule has 5 nitrogen and oxygen atoms in total. The highest BCUT2D eigenvalue weighted by atomic mass is 16.5. The van der Waals surface area contributed by atoms with Crippen LogP contribution in [-0.4, -0.2) is 16.2 Å². The molecule has 3 heterocycles. The molecule has 0 saturated carbocycles. The van der Waals surface area contributed by atoms with Crippen LogP contribution in [0.4, 0.5) is 22.7 Å². The molecular weight excluding hydrogens is 1070 g/mol. The zero-order valence-electron chi connectivity index (χ0n) is 54.8. The van der Waals surface area contributed by atoms with Gasteiger partial charge in [-0.2, -0.15) is 0 Å². The van der Waals surface area contributed by atoms with E-state index in [1.165, 1.54) is 72.3 Å². The van der Waals surface area contributed by atoms with Gasteiger partial charge in [-0.15, -0.1) is 0 Å². The SMILES string of the molecule is CC(C)c1cccc(C(C)C)c1-c1cc(Oc2ccc3c4cc(C(C)(C)c5ccccc5)ccc4n(-c4cc(C(C)(C)C)ccn4)c3c2)cc(N2CN(c3cc(C(C)(C)c4ccccc4)cc(C(C)(C)c4ccccc4)c3)c3cc(C(C)(C)C)ccc32)c1. The molecule has 11 aromatic rings. The van der Waals surface area contributed by atoms with E-state index in [1.54, 1.807) is 0 Å². The lowest BCUT2D eigenvalue weighted by atomic mass is 9.73. The number of aromatic nitrogens is 2. The first-order valence-electron chi connectivity index (χ1n) is 31.8. The third kappa shape index (κ3) is 11.0. The topological polar surface area (TPSA) is 33.5 Å². The van der Waals surface area contributed by atoms with Crippen molar-refractivity contribution in [2.75, 3.05) is 16.5 Å². The number of ether oxygens (including phenoxy) is 1. The van der Waals surface area contributed by atoms with E-state index in [1.807, 2.05) is 6.20 Å². The van der Waals surface area contributed by atoms with E-state index in [-0.39, 0.29) is 38.9 Å². The number of nitrogens with zero attached hydrogens (tertiary/aromatic N) is 4. The maximum atomic E-state index is 7.43. The number of benzene rings is 9. The van der Waals surface area contributed by atoms with E-state index in [2.05, 4.69) is 337 Å². The van der Waals surface area contributed by atoms with Gasteiger partial charge in [-0.05, 0) is 162 Å². The molecule has 0 spiro atoms. The zero-order chi connectivity index (χ0) is 62.2. The van der Waals surface area contributed by atoms with Crippen LogP contribution in [0.2, 0.25) is 0 Å². The third-order valence-corrected chi connectivity index (χ3v) is 19.3. The summed E-state index contributed by atoms with van der Waals surface area (Å²) in [5.41, 5.74) is 21.0. The molecule has 446 valence electrons. The second-order valence-corrected chi connectivity index (χ2v) is 29.0. The van der Waals surface area contributed by atoms with Crippen LogP contribution < -0.4 is 14.5 Å². The smallest absolute Gasteiger partial charge is 0.137 e. The molecule has 0 fully saturated rings. The molecule has 88 heavy (non-hydrogen) atoms. The van der Waals surface area contributed by atoms with Crippen molar-refractivity contribution in [1.29, 1.82) is 0 Å². The Morgan fingerprint density at radius 1 is 0.375 bits per heavy atom. The summed E-state index contributed by atoms with van der Waals surface area (Å²) in [6.45, 7) is 37.8. The van der Waals surface area contributed by atoms with Crippen LogP contribution >= 0.6 is 0 Å². The van der Waals surface area contributed by atoms with E-state index in [0.29, 0.717) is 6.67 Å². The van der Waals surface area contributed by atoms with Crippen molar-refractivity contribution in [2.45, 2.75) is 150 Å². The summed E-state index contributed by atoms with van der Waals surface area (Å²) < 4.78 is 9.77. The van der Waals surface area contributed by atoms with Crippen molar-refractivity contribution < 1.29 is 4.74 Å². The molecule has 1 aliphatic rings. The number of pyridine rings is 1. The highest BCUT2D eigenvalue weighted by Gasteiger charge is 2.35. The second kappa shape index (κ2) is 22.5. The number of anilines is 4. The van der Waals surface area contributed by atoms with E-state index in [9.17, 15) is 0 Å². The van der Waals surface area contributed by atoms with Crippen LogP contribution in [0.3, 0.4) is 0 Å². The van der Waals surface area contributed by atoms with Crippen LogP contribution in [0, 0.1) is 0 Å². The minimum atomic E-state index is -0.292. The Hall–Kier alpha value is -8.67. The summed E-state index contributed by atoms with van der Waals surface area (Å²) >= 11 is 0. The van der Waals surface area contributed by atoms with E-state index < -0.39 is 0 Å². The summed E-state index contributed by atoms with van der Waals surface area (Å²) in [5.74, 6) is 2.98. The molecule has 0 amide bonds. The molecule has 0 N–H and O–H groups in total. The number of hydrogen-bond acceptors (Lipinski definition) is 4. The van der Waals surface area contributed by atoms with Crippen LogP contribution in [0.5, 0.6) is 11.5 Å². The highest BCUT2D eigenvalue weighted by Crippen LogP contribution is 2.51. The predicted molar refractivity (Wildman–Crippen MR) is 374 cm³/mol. The number of hydrogen-bond donors (Lipinski definition) is 0. The van der Waals surface area contributed by atoms with Crippen LogP contribution in [0.1, 0.15) is 178 Å². The minimum Gasteiger partial charge on any atom is -0.457 e. The van der Waals surface area contributed by atoms with Gasteiger partial charge in [0.05, 0.1) is 22.4 Å². The van der Waals surface area contributed by atoms with Gasteiger partial charge < -0.3 is 14.5 Å². The van der Waals surface area contributed by atoms with Gasteiger partial charge >= 0.3 is 0 Å². The van der Waals surface area contributed by atoms with Gasteiger partial charge in [-0.1, -0.05) is 238 Å². The molecule has 0 aliphatic carbocycles. The molecule has 12 rings (SSSR count). The van der Waals surface area contributed by atoms with Gasteiger partial charge in [-0.25, -0.2) is 4.98 Å². The normalized spacial score (nSPS) is 13.3. The quantitative estimate of drug-likeness (QED) is 0.109. The van der Waals surface area contributed by atoms with Crippen molar-refractivity contribution in [3.05, 3.63) is 274 Å². The molecule has 0 bridgehead atoms. The summed E-state index contributed by atoms with van der Waals surface area (Å²) in [5, 5.41) is 2.33. The van der Waals surface area contributed by atoms with Gasteiger partial charge in [0, 0.05) is 56.7 Å². The lowest BCUT2D eigenvalue weighted by Gasteiger charge is -2.33. The van der Waals surface area contributed by atoms with Gasteiger partial charge in [0.2, 0.25) is 0 Å². The van der Waals surface area contributed by atoms with E-state index in [4.69, 9.17) is 9.72 Å². The summed E-state index contributed by atoms with van der Waals surface area (Å²) in [6, 6.07) is 79.3. The molecule has 0 radical (unpaired) electrons. The van der Waals surface area contributed by atoms with Crippen molar-refractivity contribution in [3.63, 3.8) is 0 Å². The Balaban J connectivity index is 1.05. The van der Waals surface area contributed by atoms with Crippen LogP contribution in [0.15, 0.2) is 219 Å². The zero-order valence-corrected chi connectivity index (χ0v) is 54.8. The van der Waals surface area contributed by atoms with E-state index in [0.717, 1.165) is 56.4 Å². The second-order valence-electron chi connectivity index (χ2n) is 29.0. The Labute approximate surface area is 524 Å². The number of rotatable bonds is 14. The Morgan fingerprint density at radius 3 is 1.45 bits per heavy atom. The van der Waals surface area contributed by atoms with E-state index >= 15 is 0 Å². The molecular formula is C83H88N4O. The predicted octanol–water partition coefficient (Wildman–Crippen LogP) is 22.7.